The van der Waals surface area contributed by atoms with Crippen LogP contribution in [0, 0.1) is 0 Å². The molecule has 0 fully saturated rings. The molecule has 0 saturated heterocycles. The summed E-state index contributed by atoms with van der Waals surface area (Å²) < 4.78 is 10.7. The summed E-state index contributed by atoms with van der Waals surface area (Å²) in [6.45, 7) is 4.65. The molecule has 0 aliphatic heterocycles. The maximum Gasteiger partial charge on any atom is 0.240 e. The lowest BCUT2D eigenvalue weighted by Crippen LogP contribution is -2.31. The normalized spacial score (nSPS) is 11.8. The zero-order valence-electron chi connectivity index (χ0n) is 11.8. The Morgan fingerprint density at radius 2 is 2.11 bits per heavy atom. The summed E-state index contributed by atoms with van der Waals surface area (Å²) in [5, 5.41) is -0.519. The van der Waals surface area contributed by atoms with Gasteiger partial charge in [-0.1, -0.05) is 6.07 Å². The van der Waals surface area contributed by atoms with Gasteiger partial charge in [0.15, 0.2) is 11.5 Å². The summed E-state index contributed by atoms with van der Waals surface area (Å²) in [4.78, 5) is 13.3. The van der Waals surface area contributed by atoms with Crippen molar-refractivity contribution in [2.24, 2.45) is 0 Å². The predicted octanol–water partition coefficient (Wildman–Crippen LogP) is 2.68. The number of carbonyl (C=O) groups is 1. The predicted molar refractivity (Wildman–Crippen MR) is 76.0 cm³/mol. The van der Waals surface area contributed by atoms with Gasteiger partial charge >= 0.3 is 0 Å². The largest absolute Gasteiger partial charge is 0.493 e. The smallest absolute Gasteiger partial charge is 0.240 e. The van der Waals surface area contributed by atoms with Crippen LogP contribution in [0.15, 0.2) is 18.2 Å². The van der Waals surface area contributed by atoms with Crippen LogP contribution in [0.4, 0.5) is 0 Å². The lowest BCUT2D eigenvalue weighted by Gasteiger charge is -2.19. The minimum Gasteiger partial charge on any atom is -0.493 e. The quantitative estimate of drug-likeness (QED) is 0.754. The van der Waals surface area contributed by atoms with Gasteiger partial charge in [0.1, 0.15) is 5.38 Å². The molecule has 0 aliphatic rings. The highest BCUT2D eigenvalue weighted by molar-refractivity contribution is 6.30. The molecule has 0 radical (unpaired) electrons. The van der Waals surface area contributed by atoms with E-state index in [1.807, 2.05) is 25.1 Å². The Labute approximate surface area is 119 Å². The van der Waals surface area contributed by atoms with E-state index in [1.54, 1.807) is 26.0 Å². The van der Waals surface area contributed by atoms with E-state index in [1.165, 1.54) is 0 Å². The van der Waals surface area contributed by atoms with Gasteiger partial charge in [-0.05, 0) is 31.5 Å². The van der Waals surface area contributed by atoms with Gasteiger partial charge in [-0.2, -0.15) is 0 Å². The van der Waals surface area contributed by atoms with E-state index < -0.39 is 5.38 Å². The summed E-state index contributed by atoms with van der Waals surface area (Å²) in [5.41, 5.74) is 0.966. The van der Waals surface area contributed by atoms with Crippen LogP contribution in [0.1, 0.15) is 19.4 Å². The van der Waals surface area contributed by atoms with E-state index in [0.29, 0.717) is 24.7 Å². The molecule has 0 N–H and O–H groups in total. The topological polar surface area (TPSA) is 38.8 Å². The number of ether oxygens (including phenoxy) is 2. The standard InChI is InChI=1S/C14H20ClNO3/c1-5-19-12-7-6-11(8-13(12)18-4)9-16(3)14(17)10(2)15/h6-8,10H,5,9H2,1-4H3. The Bertz CT molecular complexity index is 435. The van der Waals surface area contributed by atoms with Crippen LogP contribution in [0.25, 0.3) is 0 Å². The molecule has 0 aliphatic carbocycles. The summed E-state index contributed by atoms with van der Waals surface area (Å²) in [6, 6.07) is 5.63. The van der Waals surface area contributed by atoms with Crippen molar-refractivity contribution in [3.63, 3.8) is 0 Å². The second-order valence-corrected chi connectivity index (χ2v) is 4.88. The summed E-state index contributed by atoms with van der Waals surface area (Å²) >= 11 is 5.78. The van der Waals surface area contributed by atoms with Gasteiger partial charge < -0.3 is 14.4 Å². The first-order valence-corrected chi connectivity index (χ1v) is 6.62. The van der Waals surface area contributed by atoms with Crippen LogP contribution in [0.5, 0.6) is 11.5 Å². The minimum absolute atomic E-state index is 0.102. The van der Waals surface area contributed by atoms with Crippen molar-refractivity contribution >= 4 is 17.5 Å². The Morgan fingerprint density at radius 1 is 1.42 bits per heavy atom. The second-order valence-electron chi connectivity index (χ2n) is 4.23. The van der Waals surface area contributed by atoms with E-state index in [4.69, 9.17) is 21.1 Å². The SMILES string of the molecule is CCOc1ccc(CN(C)C(=O)C(C)Cl)cc1OC. The third-order valence-electron chi connectivity index (χ3n) is 2.66. The number of amides is 1. The molecule has 1 unspecified atom stereocenters. The molecule has 1 aromatic carbocycles. The number of rotatable bonds is 6. The van der Waals surface area contributed by atoms with Crippen molar-refractivity contribution in [1.29, 1.82) is 0 Å². The van der Waals surface area contributed by atoms with Crippen LogP contribution < -0.4 is 9.47 Å². The summed E-state index contributed by atoms with van der Waals surface area (Å²) in [5.74, 6) is 1.27. The Kier molecular flexibility index (Phi) is 5.96. The first-order chi connectivity index (χ1) is 8.99. The van der Waals surface area contributed by atoms with Crippen LogP contribution in [0.3, 0.4) is 0 Å². The monoisotopic (exact) mass is 285 g/mol. The molecule has 1 atom stereocenters. The fourth-order valence-electron chi connectivity index (χ4n) is 1.74. The molecule has 5 heteroatoms. The molecule has 19 heavy (non-hydrogen) atoms. The van der Waals surface area contributed by atoms with E-state index in [-0.39, 0.29) is 5.91 Å². The number of alkyl halides is 1. The molecular weight excluding hydrogens is 266 g/mol. The highest BCUT2D eigenvalue weighted by atomic mass is 35.5. The second kappa shape index (κ2) is 7.24. The average molecular weight is 286 g/mol. The maximum atomic E-state index is 11.7. The molecule has 1 rings (SSSR count). The molecular formula is C14H20ClNO3. The molecule has 0 bridgehead atoms. The van der Waals surface area contributed by atoms with Crippen LogP contribution in [-0.4, -0.2) is 36.9 Å². The fourth-order valence-corrected chi connectivity index (χ4v) is 1.91. The van der Waals surface area contributed by atoms with Crippen LogP contribution >= 0.6 is 11.6 Å². The van der Waals surface area contributed by atoms with Crippen molar-refractivity contribution in [2.75, 3.05) is 20.8 Å². The van der Waals surface area contributed by atoms with Gasteiger partial charge in [0.25, 0.3) is 0 Å². The highest BCUT2D eigenvalue weighted by Crippen LogP contribution is 2.28. The molecule has 4 nitrogen and oxygen atoms in total. The Balaban J connectivity index is 2.82. The van der Waals surface area contributed by atoms with Gasteiger partial charge in [-0.25, -0.2) is 0 Å². The highest BCUT2D eigenvalue weighted by Gasteiger charge is 2.15. The number of halogens is 1. The molecule has 0 heterocycles. The van der Waals surface area contributed by atoms with E-state index >= 15 is 0 Å². The molecule has 0 aromatic heterocycles. The van der Waals surface area contributed by atoms with Crippen molar-refractivity contribution in [2.45, 2.75) is 25.8 Å². The molecule has 106 valence electrons. The number of methoxy groups -OCH3 is 1. The number of hydrogen-bond donors (Lipinski definition) is 0. The first-order valence-electron chi connectivity index (χ1n) is 6.18. The number of hydrogen-bond acceptors (Lipinski definition) is 3. The Hall–Kier alpha value is -1.42. The maximum absolute atomic E-state index is 11.7. The van der Waals surface area contributed by atoms with E-state index in [9.17, 15) is 4.79 Å². The molecule has 0 spiro atoms. The lowest BCUT2D eigenvalue weighted by molar-refractivity contribution is -0.129. The fraction of sp³-hybridized carbons (Fsp3) is 0.500. The van der Waals surface area contributed by atoms with Crippen LogP contribution in [-0.2, 0) is 11.3 Å². The number of benzene rings is 1. The minimum atomic E-state index is -0.519. The van der Waals surface area contributed by atoms with Gasteiger partial charge in [0, 0.05) is 13.6 Å². The third kappa shape index (κ3) is 4.31. The van der Waals surface area contributed by atoms with Gasteiger partial charge in [0.2, 0.25) is 5.91 Å². The number of nitrogens with zero attached hydrogens (tertiary/aromatic N) is 1. The lowest BCUT2D eigenvalue weighted by atomic mass is 10.2. The van der Waals surface area contributed by atoms with Gasteiger partial charge in [-0.15, -0.1) is 11.6 Å². The number of carbonyl (C=O) groups excluding carboxylic acids is 1. The van der Waals surface area contributed by atoms with Crippen molar-refractivity contribution < 1.29 is 14.3 Å². The molecule has 1 aromatic rings. The zero-order chi connectivity index (χ0) is 14.4. The van der Waals surface area contributed by atoms with Gasteiger partial charge in [0.05, 0.1) is 13.7 Å². The van der Waals surface area contributed by atoms with Gasteiger partial charge in [-0.3, -0.25) is 4.79 Å². The van der Waals surface area contributed by atoms with Crippen molar-refractivity contribution in [3.05, 3.63) is 23.8 Å². The van der Waals surface area contributed by atoms with Crippen LogP contribution in [0.2, 0.25) is 0 Å². The van der Waals surface area contributed by atoms with E-state index in [0.717, 1.165) is 5.56 Å². The van der Waals surface area contributed by atoms with Crippen molar-refractivity contribution in [3.8, 4) is 11.5 Å². The summed E-state index contributed by atoms with van der Waals surface area (Å²) in [6.07, 6.45) is 0. The average Bonchev–Trinajstić information content (AvgIpc) is 2.39. The van der Waals surface area contributed by atoms with E-state index in [2.05, 4.69) is 0 Å². The first kappa shape index (κ1) is 15.6. The zero-order valence-corrected chi connectivity index (χ0v) is 12.5. The molecule has 0 saturated carbocycles. The Morgan fingerprint density at radius 3 is 2.63 bits per heavy atom. The molecule has 1 amide bonds. The third-order valence-corrected chi connectivity index (χ3v) is 2.85. The van der Waals surface area contributed by atoms with Crippen molar-refractivity contribution in [1.82, 2.24) is 4.90 Å². The summed E-state index contributed by atoms with van der Waals surface area (Å²) in [7, 11) is 3.32.